The predicted octanol–water partition coefficient (Wildman–Crippen LogP) is 3.64. The summed E-state index contributed by atoms with van der Waals surface area (Å²) in [5.74, 6) is 1.25. The van der Waals surface area contributed by atoms with E-state index in [0.717, 1.165) is 37.9 Å². The molecule has 7 heteroatoms. The number of likely N-dealkylation sites (tertiary alicyclic amines) is 1. The van der Waals surface area contributed by atoms with Gasteiger partial charge in [0.1, 0.15) is 5.56 Å². The second-order valence-corrected chi connectivity index (χ2v) is 8.90. The van der Waals surface area contributed by atoms with Crippen LogP contribution in [0.4, 0.5) is 0 Å². The smallest absolute Gasteiger partial charge is 0.261 e. The summed E-state index contributed by atoms with van der Waals surface area (Å²) in [7, 11) is 1.49. The van der Waals surface area contributed by atoms with Crippen LogP contribution < -0.4 is 10.9 Å². The lowest BCUT2D eigenvalue weighted by Crippen LogP contribution is -2.42. The molecular weight excluding hydrogens is 398 g/mol. The van der Waals surface area contributed by atoms with E-state index in [1.807, 2.05) is 28.8 Å². The minimum atomic E-state index is -0.463. The lowest BCUT2D eigenvalue weighted by Gasteiger charge is -2.34. The zero-order chi connectivity index (χ0) is 21.1. The van der Waals surface area contributed by atoms with E-state index in [2.05, 4.69) is 21.8 Å². The Hall–Kier alpha value is -2.54. The fourth-order valence-corrected chi connectivity index (χ4v) is 4.58. The Bertz CT molecular complexity index is 1050. The number of nitrogens with zero attached hydrogens (tertiary/aromatic N) is 1. The van der Waals surface area contributed by atoms with Crippen LogP contribution in [0.1, 0.15) is 64.3 Å². The van der Waals surface area contributed by atoms with Crippen molar-refractivity contribution in [1.82, 2.24) is 15.2 Å². The molecule has 1 aromatic carbocycles. The number of H-pyrrole nitrogens is 1. The number of pyridine rings is 1. The number of aromatic nitrogens is 1. The second kappa shape index (κ2) is 9.08. The van der Waals surface area contributed by atoms with E-state index < -0.39 is 11.5 Å². The highest BCUT2D eigenvalue weighted by atomic mass is 32.2. The molecule has 2 aromatic rings. The average molecular weight is 426 g/mol. The van der Waals surface area contributed by atoms with Crippen molar-refractivity contribution in [2.45, 2.75) is 38.0 Å². The van der Waals surface area contributed by atoms with Crippen molar-refractivity contribution in [2.75, 3.05) is 25.9 Å². The van der Waals surface area contributed by atoms with Gasteiger partial charge in [0.05, 0.1) is 11.1 Å². The van der Waals surface area contributed by atoms with Crippen LogP contribution in [0.25, 0.3) is 10.9 Å². The Morgan fingerprint density at radius 3 is 2.50 bits per heavy atom. The number of benzene rings is 1. The number of nitrogens with one attached hydrogen (secondary N) is 2. The van der Waals surface area contributed by atoms with Gasteiger partial charge in [-0.2, -0.15) is 0 Å². The van der Waals surface area contributed by atoms with Crippen LogP contribution in [-0.2, 0) is 0 Å². The van der Waals surface area contributed by atoms with Crippen LogP contribution in [0.15, 0.2) is 34.5 Å². The van der Waals surface area contributed by atoms with E-state index in [1.54, 1.807) is 6.07 Å². The first kappa shape index (κ1) is 20.7. The molecule has 0 radical (unpaired) electrons. The molecular formula is C23H27N3O3S. The highest BCUT2D eigenvalue weighted by Crippen LogP contribution is 2.40. The number of fused-ring (bicyclic) bond motifs is 1. The number of carbonyl (C=O) groups excluding carboxylic acids is 2. The predicted molar refractivity (Wildman–Crippen MR) is 121 cm³/mol. The molecule has 2 fully saturated rings. The molecule has 5 rings (SSSR count). The van der Waals surface area contributed by atoms with Gasteiger partial charge in [-0.3, -0.25) is 14.4 Å². The normalized spacial score (nSPS) is 17.7. The van der Waals surface area contributed by atoms with Crippen molar-refractivity contribution < 1.29 is 9.59 Å². The maximum Gasteiger partial charge on any atom is 0.261 e. The van der Waals surface area contributed by atoms with Gasteiger partial charge < -0.3 is 15.2 Å². The third-order valence-corrected chi connectivity index (χ3v) is 6.88. The first-order valence-electron chi connectivity index (χ1n) is 10.6. The quantitative estimate of drug-likeness (QED) is 0.787. The molecule has 6 nitrogen and oxygen atoms in total. The third kappa shape index (κ3) is 4.03. The summed E-state index contributed by atoms with van der Waals surface area (Å²) >= 11 is 1.89. The largest absolute Gasteiger partial charge is 0.355 e. The molecule has 0 unspecified atom stereocenters. The van der Waals surface area contributed by atoms with Crippen molar-refractivity contribution >= 4 is 34.5 Å². The van der Waals surface area contributed by atoms with Gasteiger partial charge in [-0.1, -0.05) is 24.6 Å². The van der Waals surface area contributed by atoms with Gasteiger partial charge in [-0.25, -0.2) is 0 Å². The molecule has 1 saturated carbocycles. The molecule has 0 bridgehead atoms. The standard InChI is InChI=1S/C19H21N3O3.C4H6S/c1-20-17(23)14-10-12-6-7-13(11-4-2-5-11)15(16(12)21-18(14)24)19(25)22-8-3-9-22;1-2-4-5-3-1/h6-7,10-11H,2-5,8-9H2,1H3,(H,20,23)(H,21,24);1,3H,2,4H2. The summed E-state index contributed by atoms with van der Waals surface area (Å²) < 4.78 is 0. The molecule has 1 aliphatic carbocycles. The van der Waals surface area contributed by atoms with Gasteiger partial charge in [0.2, 0.25) is 0 Å². The number of hydrogen-bond acceptors (Lipinski definition) is 4. The van der Waals surface area contributed by atoms with E-state index >= 15 is 0 Å². The van der Waals surface area contributed by atoms with E-state index in [9.17, 15) is 14.4 Å². The zero-order valence-corrected chi connectivity index (χ0v) is 18.0. The molecule has 3 heterocycles. The van der Waals surface area contributed by atoms with E-state index in [0.29, 0.717) is 22.4 Å². The van der Waals surface area contributed by atoms with Gasteiger partial charge in [0.25, 0.3) is 17.4 Å². The van der Waals surface area contributed by atoms with Crippen LogP contribution in [0.3, 0.4) is 0 Å². The molecule has 2 aliphatic heterocycles. The van der Waals surface area contributed by atoms with Gasteiger partial charge in [-0.15, -0.1) is 11.8 Å². The number of thioether (sulfide) groups is 1. The summed E-state index contributed by atoms with van der Waals surface area (Å²) in [5.41, 5.74) is 1.80. The summed E-state index contributed by atoms with van der Waals surface area (Å²) in [6.45, 7) is 1.53. The number of carbonyl (C=O) groups is 2. The molecule has 2 N–H and O–H groups in total. The van der Waals surface area contributed by atoms with Crippen LogP contribution in [0, 0.1) is 0 Å². The second-order valence-electron chi connectivity index (χ2n) is 7.89. The number of aromatic amines is 1. The van der Waals surface area contributed by atoms with Crippen LogP contribution in [-0.4, -0.2) is 47.6 Å². The SMILES string of the molecule is C1=CSCC1.CNC(=O)c1cc2ccc(C3CCC3)c(C(=O)N3CCC3)c2[nH]c1=O. The maximum atomic E-state index is 13.0. The van der Waals surface area contributed by atoms with Gasteiger partial charge in [-0.05, 0) is 54.0 Å². The highest BCUT2D eigenvalue weighted by Gasteiger charge is 2.31. The summed E-state index contributed by atoms with van der Waals surface area (Å²) in [5, 5.41) is 5.34. The van der Waals surface area contributed by atoms with Crippen LogP contribution in [0.5, 0.6) is 0 Å². The Morgan fingerprint density at radius 1 is 1.20 bits per heavy atom. The average Bonchev–Trinajstić information content (AvgIpc) is 3.24. The van der Waals surface area contributed by atoms with E-state index in [-0.39, 0.29) is 11.5 Å². The fourth-order valence-electron chi connectivity index (χ4n) is 3.90. The molecule has 158 valence electrons. The molecule has 2 amide bonds. The Balaban J connectivity index is 0.000000383. The molecule has 3 aliphatic rings. The van der Waals surface area contributed by atoms with Gasteiger partial charge >= 0.3 is 0 Å². The van der Waals surface area contributed by atoms with Crippen LogP contribution >= 0.6 is 11.8 Å². The zero-order valence-electron chi connectivity index (χ0n) is 17.2. The van der Waals surface area contributed by atoms with Crippen molar-refractivity contribution in [1.29, 1.82) is 0 Å². The Morgan fingerprint density at radius 2 is 2.00 bits per heavy atom. The number of allylic oxidation sites excluding steroid dienone is 1. The maximum absolute atomic E-state index is 13.0. The minimum Gasteiger partial charge on any atom is -0.355 e. The van der Waals surface area contributed by atoms with E-state index in [1.165, 1.54) is 25.6 Å². The first-order valence-corrected chi connectivity index (χ1v) is 11.6. The minimum absolute atomic E-state index is 0.0120. The highest BCUT2D eigenvalue weighted by molar-refractivity contribution is 8.02. The molecule has 0 atom stereocenters. The number of amides is 2. The Kier molecular flexibility index (Phi) is 6.27. The lowest BCUT2D eigenvalue weighted by molar-refractivity contribution is 0.0651. The van der Waals surface area contributed by atoms with Crippen molar-refractivity contribution in [2.24, 2.45) is 0 Å². The van der Waals surface area contributed by atoms with Crippen molar-refractivity contribution in [3.63, 3.8) is 0 Å². The number of rotatable bonds is 3. The fraction of sp³-hybridized carbons (Fsp3) is 0.435. The summed E-state index contributed by atoms with van der Waals surface area (Å²) in [6, 6.07) is 5.47. The van der Waals surface area contributed by atoms with Crippen molar-refractivity contribution in [3.05, 3.63) is 56.7 Å². The lowest BCUT2D eigenvalue weighted by atomic mass is 9.77. The summed E-state index contributed by atoms with van der Waals surface area (Å²) in [4.78, 5) is 41.9. The summed E-state index contributed by atoms with van der Waals surface area (Å²) in [6.07, 6.45) is 7.83. The van der Waals surface area contributed by atoms with Crippen LogP contribution in [0.2, 0.25) is 0 Å². The number of hydrogen-bond donors (Lipinski definition) is 2. The molecule has 0 spiro atoms. The van der Waals surface area contributed by atoms with Crippen molar-refractivity contribution in [3.8, 4) is 0 Å². The molecule has 1 saturated heterocycles. The molecule has 30 heavy (non-hydrogen) atoms. The Labute approximate surface area is 180 Å². The molecule has 1 aromatic heterocycles. The van der Waals surface area contributed by atoms with Gasteiger partial charge in [0, 0.05) is 25.9 Å². The van der Waals surface area contributed by atoms with E-state index in [4.69, 9.17) is 0 Å². The van der Waals surface area contributed by atoms with Gasteiger partial charge in [0.15, 0.2) is 0 Å². The first-order chi connectivity index (χ1) is 14.6. The third-order valence-electron chi connectivity index (χ3n) is 6.02. The topological polar surface area (TPSA) is 82.3 Å². The monoisotopic (exact) mass is 425 g/mol.